The van der Waals surface area contributed by atoms with Crippen LogP contribution >= 0.6 is 11.8 Å². The highest BCUT2D eigenvalue weighted by molar-refractivity contribution is 7.99. The molecular weight excluding hydrogens is 398 g/mol. The molecule has 0 saturated heterocycles. The number of nitrogen functional groups attached to an aromatic ring is 1. The first-order chi connectivity index (χ1) is 14.5. The van der Waals surface area contributed by atoms with Gasteiger partial charge in [0.05, 0.1) is 22.9 Å². The zero-order chi connectivity index (χ0) is 20.8. The van der Waals surface area contributed by atoms with E-state index in [1.807, 2.05) is 56.3 Å². The van der Waals surface area contributed by atoms with Crippen LogP contribution in [0.5, 0.6) is 0 Å². The quantitative estimate of drug-likeness (QED) is 0.434. The SMILES string of the molecule is Cc1ccccc1-n1c(Sc2nc(N)c3[nH]cnc3n2)nc2cccc(C)c2c1=O. The smallest absolute Gasteiger partial charge is 0.266 e. The van der Waals surface area contributed by atoms with Crippen molar-refractivity contribution in [2.24, 2.45) is 0 Å². The van der Waals surface area contributed by atoms with Gasteiger partial charge in [-0.3, -0.25) is 9.36 Å². The van der Waals surface area contributed by atoms with Gasteiger partial charge in [0.2, 0.25) is 0 Å². The molecule has 5 rings (SSSR count). The Morgan fingerprint density at radius 1 is 1.00 bits per heavy atom. The van der Waals surface area contributed by atoms with E-state index in [1.165, 1.54) is 18.1 Å². The molecule has 0 aliphatic rings. The summed E-state index contributed by atoms with van der Waals surface area (Å²) in [4.78, 5) is 34.3. The molecule has 0 atom stereocenters. The molecule has 8 nitrogen and oxygen atoms in total. The Balaban J connectivity index is 1.79. The molecule has 0 bridgehead atoms. The van der Waals surface area contributed by atoms with Crippen molar-refractivity contribution in [2.45, 2.75) is 24.2 Å². The molecule has 5 aromatic rings. The van der Waals surface area contributed by atoms with Crippen molar-refractivity contribution in [3.05, 3.63) is 70.3 Å². The number of nitrogens with two attached hydrogens (primary N) is 1. The second-order valence-corrected chi connectivity index (χ2v) is 7.82. The minimum atomic E-state index is -0.135. The number of hydrogen-bond donors (Lipinski definition) is 2. The number of fused-ring (bicyclic) bond motifs is 2. The van der Waals surface area contributed by atoms with Gasteiger partial charge in [-0.15, -0.1) is 0 Å². The summed E-state index contributed by atoms with van der Waals surface area (Å²) in [5.74, 6) is 0.293. The van der Waals surface area contributed by atoms with Crippen LogP contribution in [-0.2, 0) is 0 Å². The molecule has 0 radical (unpaired) electrons. The second-order valence-electron chi connectivity index (χ2n) is 6.89. The zero-order valence-electron chi connectivity index (χ0n) is 16.2. The fraction of sp³-hybridized carbons (Fsp3) is 0.0952. The molecular formula is C21H17N7OS. The van der Waals surface area contributed by atoms with Gasteiger partial charge in [0, 0.05) is 0 Å². The number of aryl methyl sites for hydroxylation is 2. The van der Waals surface area contributed by atoms with Crippen LogP contribution in [0.15, 0.2) is 63.9 Å². The lowest BCUT2D eigenvalue weighted by Gasteiger charge is -2.15. The molecule has 9 heteroatoms. The average molecular weight is 415 g/mol. The van der Waals surface area contributed by atoms with E-state index < -0.39 is 0 Å². The minimum absolute atomic E-state index is 0.135. The molecule has 3 N–H and O–H groups in total. The van der Waals surface area contributed by atoms with E-state index in [0.29, 0.717) is 38.2 Å². The van der Waals surface area contributed by atoms with Gasteiger partial charge in [-0.1, -0.05) is 30.3 Å². The number of nitrogens with one attached hydrogen (secondary N) is 1. The molecule has 148 valence electrons. The van der Waals surface area contributed by atoms with Crippen molar-refractivity contribution in [3.8, 4) is 5.69 Å². The van der Waals surface area contributed by atoms with Crippen LogP contribution in [0.1, 0.15) is 11.1 Å². The van der Waals surface area contributed by atoms with Gasteiger partial charge in [0.15, 0.2) is 21.8 Å². The summed E-state index contributed by atoms with van der Waals surface area (Å²) >= 11 is 1.18. The van der Waals surface area contributed by atoms with Crippen LogP contribution < -0.4 is 11.3 Å². The van der Waals surface area contributed by atoms with Gasteiger partial charge >= 0.3 is 0 Å². The number of para-hydroxylation sites is 1. The van der Waals surface area contributed by atoms with E-state index in [-0.39, 0.29) is 5.56 Å². The fourth-order valence-corrected chi connectivity index (χ4v) is 4.29. The van der Waals surface area contributed by atoms with Crippen LogP contribution in [0.2, 0.25) is 0 Å². The summed E-state index contributed by atoms with van der Waals surface area (Å²) in [6.45, 7) is 3.87. The monoisotopic (exact) mass is 415 g/mol. The van der Waals surface area contributed by atoms with Crippen LogP contribution in [0.3, 0.4) is 0 Å². The van der Waals surface area contributed by atoms with Gasteiger partial charge < -0.3 is 10.7 Å². The number of imidazole rings is 1. The topological polar surface area (TPSA) is 115 Å². The molecule has 0 fully saturated rings. The molecule has 0 spiro atoms. The minimum Gasteiger partial charge on any atom is -0.382 e. The van der Waals surface area contributed by atoms with Crippen molar-refractivity contribution >= 4 is 39.6 Å². The molecule has 0 aliphatic carbocycles. The Bertz CT molecular complexity index is 1490. The molecule has 2 aromatic carbocycles. The van der Waals surface area contributed by atoms with E-state index in [9.17, 15) is 4.79 Å². The average Bonchev–Trinajstić information content (AvgIpc) is 3.18. The Kier molecular flexibility index (Phi) is 4.25. The summed E-state index contributed by atoms with van der Waals surface area (Å²) in [5.41, 5.74) is 10.2. The third-order valence-electron chi connectivity index (χ3n) is 4.91. The predicted molar refractivity (Wildman–Crippen MR) is 117 cm³/mol. The zero-order valence-corrected chi connectivity index (χ0v) is 17.1. The molecule has 30 heavy (non-hydrogen) atoms. The van der Waals surface area contributed by atoms with Gasteiger partial charge in [-0.05, 0) is 48.9 Å². The lowest BCUT2D eigenvalue weighted by Crippen LogP contribution is -2.23. The summed E-state index contributed by atoms with van der Waals surface area (Å²) in [5, 5.41) is 1.42. The Morgan fingerprint density at radius 2 is 1.80 bits per heavy atom. The first kappa shape index (κ1) is 18.3. The van der Waals surface area contributed by atoms with E-state index in [2.05, 4.69) is 19.9 Å². The maximum Gasteiger partial charge on any atom is 0.266 e. The lowest BCUT2D eigenvalue weighted by atomic mass is 10.1. The lowest BCUT2D eigenvalue weighted by molar-refractivity contribution is 0.809. The number of rotatable bonds is 3. The highest BCUT2D eigenvalue weighted by Gasteiger charge is 2.18. The molecule has 3 aromatic heterocycles. The van der Waals surface area contributed by atoms with E-state index in [0.717, 1.165) is 16.8 Å². The third-order valence-corrected chi connectivity index (χ3v) is 5.73. The number of nitrogens with zero attached hydrogens (tertiary/aromatic N) is 5. The Hall–Kier alpha value is -3.72. The third kappa shape index (κ3) is 2.91. The molecule has 0 aliphatic heterocycles. The van der Waals surface area contributed by atoms with Gasteiger partial charge in [-0.25, -0.2) is 19.9 Å². The number of anilines is 1. The molecule has 0 amide bonds. The maximum atomic E-state index is 13.6. The standard InChI is InChI=1S/C21H17N7OS/c1-11-6-3-4-9-14(11)28-19(29)15-12(2)7-5-8-13(15)25-21(28)30-20-26-17(22)16-18(27-20)24-10-23-16/h3-10H,1-2H3,(H3,22,23,24,26,27). The highest BCUT2D eigenvalue weighted by atomic mass is 32.2. The summed E-state index contributed by atoms with van der Waals surface area (Å²) in [7, 11) is 0. The normalized spacial score (nSPS) is 11.4. The van der Waals surface area contributed by atoms with Crippen LogP contribution in [-0.4, -0.2) is 29.5 Å². The van der Waals surface area contributed by atoms with Crippen molar-refractivity contribution in [1.29, 1.82) is 0 Å². The maximum absolute atomic E-state index is 13.6. The summed E-state index contributed by atoms with van der Waals surface area (Å²) in [6, 6.07) is 13.3. The van der Waals surface area contributed by atoms with E-state index in [1.54, 1.807) is 4.57 Å². The number of aromatic nitrogens is 6. The van der Waals surface area contributed by atoms with E-state index in [4.69, 9.17) is 10.7 Å². The molecule has 3 heterocycles. The number of benzene rings is 2. The number of hydrogen-bond acceptors (Lipinski definition) is 7. The number of aromatic amines is 1. The van der Waals surface area contributed by atoms with Gasteiger partial charge in [0.1, 0.15) is 5.52 Å². The van der Waals surface area contributed by atoms with Crippen LogP contribution in [0, 0.1) is 13.8 Å². The molecule has 0 saturated carbocycles. The molecule has 0 unspecified atom stereocenters. The van der Waals surface area contributed by atoms with Crippen LogP contribution in [0.25, 0.3) is 27.8 Å². The summed E-state index contributed by atoms with van der Waals surface area (Å²) < 4.78 is 1.61. The van der Waals surface area contributed by atoms with E-state index >= 15 is 0 Å². The summed E-state index contributed by atoms with van der Waals surface area (Å²) in [6.07, 6.45) is 1.52. The fourth-order valence-electron chi connectivity index (χ4n) is 3.43. The number of H-pyrrole nitrogens is 1. The second kappa shape index (κ2) is 6.96. The van der Waals surface area contributed by atoms with Crippen LogP contribution in [0.4, 0.5) is 5.82 Å². The predicted octanol–water partition coefficient (Wildman–Crippen LogP) is 3.40. The van der Waals surface area contributed by atoms with Crippen molar-refractivity contribution < 1.29 is 0 Å². The van der Waals surface area contributed by atoms with Crippen molar-refractivity contribution in [2.75, 3.05) is 5.73 Å². The van der Waals surface area contributed by atoms with Gasteiger partial charge in [0.25, 0.3) is 5.56 Å². The first-order valence-electron chi connectivity index (χ1n) is 9.26. The van der Waals surface area contributed by atoms with Gasteiger partial charge in [-0.2, -0.15) is 0 Å². The van der Waals surface area contributed by atoms with Crippen molar-refractivity contribution in [3.63, 3.8) is 0 Å². The van der Waals surface area contributed by atoms with Crippen molar-refractivity contribution in [1.82, 2.24) is 29.5 Å². The largest absolute Gasteiger partial charge is 0.382 e. The Labute approximate surface area is 175 Å². The first-order valence-corrected chi connectivity index (χ1v) is 10.1. The Morgan fingerprint density at radius 3 is 2.63 bits per heavy atom. The highest BCUT2D eigenvalue weighted by Crippen LogP contribution is 2.29.